The van der Waals surface area contributed by atoms with Gasteiger partial charge in [0.15, 0.2) is 5.82 Å². The molecule has 41 heavy (non-hydrogen) atoms. The van der Waals surface area contributed by atoms with Crippen molar-refractivity contribution < 1.29 is 4.79 Å². The quantitative estimate of drug-likeness (QED) is 0.205. The predicted molar refractivity (Wildman–Crippen MR) is 166 cm³/mol. The zero-order valence-corrected chi connectivity index (χ0v) is 23.2. The second-order valence-electron chi connectivity index (χ2n) is 9.66. The molecule has 1 atom stereocenters. The molecule has 6 aromatic rings. The average Bonchev–Trinajstić information content (AvgIpc) is 3.50. The van der Waals surface area contributed by atoms with E-state index in [0.29, 0.717) is 17.7 Å². The molecule has 0 aliphatic rings. The number of pyridine rings is 2. The molecule has 0 fully saturated rings. The minimum atomic E-state index is -0.257. The molecule has 0 unspecified atom stereocenters. The highest BCUT2D eigenvalue weighted by molar-refractivity contribution is 7.16. The molecule has 1 amide bonds. The molecule has 3 heterocycles. The van der Waals surface area contributed by atoms with Crippen molar-refractivity contribution in [2.45, 2.75) is 19.5 Å². The van der Waals surface area contributed by atoms with Crippen LogP contribution in [0.5, 0.6) is 0 Å². The van der Waals surface area contributed by atoms with Gasteiger partial charge in [0, 0.05) is 24.1 Å². The van der Waals surface area contributed by atoms with Crippen LogP contribution in [0.25, 0.3) is 37.8 Å². The normalized spacial score (nSPS) is 11.8. The van der Waals surface area contributed by atoms with Crippen molar-refractivity contribution in [1.29, 1.82) is 0 Å². The molecule has 0 radical (unpaired) electrons. The molecular weight excluding hydrogens is 530 g/mol. The molecule has 0 aliphatic heterocycles. The number of rotatable bonds is 8. The molecule has 0 spiro atoms. The third-order valence-corrected chi connectivity index (χ3v) is 7.82. The van der Waals surface area contributed by atoms with E-state index in [0.717, 1.165) is 43.7 Å². The molecule has 2 N–H and O–H groups in total. The van der Waals surface area contributed by atoms with Crippen LogP contribution >= 0.6 is 11.3 Å². The van der Waals surface area contributed by atoms with Gasteiger partial charge >= 0.3 is 0 Å². The molecule has 0 aliphatic carbocycles. The van der Waals surface area contributed by atoms with Crippen LogP contribution in [-0.4, -0.2) is 20.4 Å². The van der Waals surface area contributed by atoms with Crippen molar-refractivity contribution >= 4 is 44.1 Å². The van der Waals surface area contributed by atoms with Crippen LogP contribution in [0.1, 0.15) is 24.2 Å². The first-order chi connectivity index (χ1) is 20.0. The fraction of sp³-hybridized carbons (Fsp3) is 0.0909. The van der Waals surface area contributed by atoms with E-state index in [1.807, 2.05) is 91.3 Å². The highest BCUT2D eigenvalue weighted by Crippen LogP contribution is 2.31. The maximum absolute atomic E-state index is 14.5. The first-order valence-electron chi connectivity index (χ1n) is 13.2. The third-order valence-electron chi connectivity index (χ3n) is 7.03. The van der Waals surface area contributed by atoms with Gasteiger partial charge in [-0.3, -0.25) is 14.2 Å². The third kappa shape index (κ3) is 5.13. The highest BCUT2D eigenvalue weighted by Gasteiger charge is 2.20. The number of carbonyl (C=O) groups excluding carboxylic acids is 1. The number of aromatic nitrogens is 3. The van der Waals surface area contributed by atoms with Gasteiger partial charge in [-0.2, -0.15) is 0 Å². The number of benzene rings is 3. The minimum absolute atomic E-state index is 0.113. The zero-order chi connectivity index (χ0) is 28.3. The average molecular weight is 558 g/mol. The molecular formula is C33H27N5O2S. The van der Waals surface area contributed by atoms with Gasteiger partial charge in [0.2, 0.25) is 5.91 Å². The van der Waals surface area contributed by atoms with Gasteiger partial charge in [-0.25, -0.2) is 9.97 Å². The highest BCUT2D eigenvalue weighted by atomic mass is 32.1. The van der Waals surface area contributed by atoms with E-state index in [2.05, 4.69) is 33.2 Å². The van der Waals surface area contributed by atoms with E-state index in [1.54, 1.807) is 22.1 Å². The van der Waals surface area contributed by atoms with Gasteiger partial charge in [0.1, 0.15) is 5.52 Å². The summed E-state index contributed by atoms with van der Waals surface area (Å²) in [7, 11) is 0. The van der Waals surface area contributed by atoms with E-state index in [9.17, 15) is 9.59 Å². The fourth-order valence-corrected chi connectivity index (χ4v) is 5.74. The Morgan fingerprint density at radius 3 is 2.68 bits per heavy atom. The van der Waals surface area contributed by atoms with Crippen LogP contribution in [0.3, 0.4) is 0 Å². The largest absolute Gasteiger partial charge is 0.360 e. The van der Waals surface area contributed by atoms with Gasteiger partial charge < -0.3 is 10.6 Å². The summed E-state index contributed by atoms with van der Waals surface area (Å²) in [6.07, 6.45) is 3.02. The molecule has 0 saturated heterocycles. The lowest BCUT2D eigenvalue weighted by atomic mass is 9.96. The number of nitrogens with zero attached hydrogens (tertiary/aromatic N) is 3. The number of thiazole rings is 1. The lowest BCUT2D eigenvalue weighted by Crippen LogP contribution is -2.26. The van der Waals surface area contributed by atoms with Crippen molar-refractivity contribution in [3.63, 3.8) is 0 Å². The minimum Gasteiger partial charge on any atom is -0.360 e. The first-order valence-corrected chi connectivity index (χ1v) is 14.1. The SMILES string of the molecule is C=CC(=O)NCc1cccc(-c2cccc3cc([C@H](C)Nc4nccc5scnc45)n(-c4ccccc4)c(=O)c23)c1. The summed E-state index contributed by atoms with van der Waals surface area (Å²) in [5.74, 6) is 0.445. The number of anilines is 1. The summed E-state index contributed by atoms with van der Waals surface area (Å²) in [6, 6.07) is 27.2. The Bertz CT molecular complexity index is 1960. The molecule has 3 aromatic heterocycles. The summed E-state index contributed by atoms with van der Waals surface area (Å²) in [4.78, 5) is 35.2. The van der Waals surface area contributed by atoms with E-state index >= 15 is 0 Å². The van der Waals surface area contributed by atoms with Crippen LogP contribution < -0.4 is 16.2 Å². The predicted octanol–water partition coefficient (Wildman–Crippen LogP) is 6.64. The number of carbonyl (C=O) groups is 1. The molecule has 6 rings (SSSR count). The molecule has 0 saturated carbocycles. The Morgan fingerprint density at radius 2 is 1.85 bits per heavy atom. The smallest absolute Gasteiger partial charge is 0.263 e. The monoisotopic (exact) mass is 557 g/mol. The lowest BCUT2D eigenvalue weighted by Gasteiger charge is -2.22. The molecule has 3 aromatic carbocycles. The van der Waals surface area contributed by atoms with Crippen LogP contribution in [-0.2, 0) is 11.3 Å². The zero-order valence-electron chi connectivity index (χ0n) is 22.4. The Hall–Kier alpha value is -5.08. The molecule has 7 nitrogen and oxygen atoms in total. The van der Waals surface area contributed by atoms with E-state index < -0.39 is 0 Å². The lowest BCUT2D eigenvalue weighted by molar-refractivity contribution is -0.116. The van der Waals surface area contributed by atoms with Gasteiger partial charge in [-0.1, -0.05) is 61.2 Å². The summed E-state index contributed by atoms with van der Waals surface area (Å²) in [5.41, 5.74) is 6.74. The molecule has 202 valence electrons. The summed E-state index contributed by atoms with van der Waals surface area (Å²) >= 11 is 1.56. The Balaban J connectivity index is 1.50. The van der Waals surface area contributed by atoms with Gasteiger partial charge in [-0.15, -0.1) is 11.3 Å². The van der Waals surface area contributed by atoms with Crippen LogP contribution in [0, 0.1) is 0 Å². The number of hydrogen-bond acceptors (Lipinski definition) is 6. The van der Waals surface area contributed by atoms with Crippen molar-refractivity contribution in [2.24, 2.45) is 0 Å². The number of para-hydroxylation sites is 1. The number of hydrogen-bond donors (Lipinski definition) is 2. The van der Waals surface area contributed by atoms with Crippen molar-refractivity contribution in [3.8, 4) is 16.8 Å². The Labute approximate surface area is 240 Å². The van der Waals surface area contributed by atoms with Crippen molar-refractivity contribution in [3.05, 3.63) is 131 Å². The van der Waals surface area contributed by atoms with E-state index in [1.165, 1.54) is 6.08 Å². The van der Waals surface area contributed by atoms with Gasteiger partial charge in [0.25, 0.3) is 5.56 Å². The van der Waals surface area contributed by atoms with Gasteiger partial charge in [-0.05, 0) is 65.4 Å². The van der Waals surface area contributed by atoms with Crippen molar-refractivity contribution in [1.82, 2.24) is 19.9 Å². The summed E-state index contributed by atoms with van der Waals surface area (Å²) in [5, 5.41) is 7.79. The van der Waals surface area contributed by atoms with E-state index in [-0.39, 0.29) is 17.5 Å². The molecule has 0 bridgehead atoms. The number of amides is 1. The topological polar surface area (TPSA) is 88.9 Å². The second-order valence-corrected chi connectivity index (χ2v) is 10.5. The summed E-state index contributed by atoms with van der Waals surface area (Å²) < 4.78 is 2.82. The van der Waals surface area contributed by atoms with Crippen LogP contribution in [0.4, 0.5) is 5.82 Å². The maximum Gasteiger partial charge on any atom is 0.263 e. The van der Waals surface area contributed by atoms with E-state index in [4.69, 9.17) is 0 Å². The van der Waals surface area contributed by atoms with Crippen molar-refractivity contribution in [2.75, 3.05) is 5.32 Å². The first kappa shape index (κ1) is 26.2. The van der Waals surface area contributed by atoms with Crippen LogP contribution in [0.15, 0.2) is 114 Å². The molecule has 8 heteroatoms. The van der Waals surface area contributed by atoms with Gasteiger partial charge in [0.05, 0.1) is 21.6 Å². The second kappa shape index (κ2) is 11.2. The number of fused-ring (bicyclic) bond motifs is 2. The fourth-order valence-electron chi connectivity index (χ4n) is 5.07. The Kier molecular flexibility index (Phi) is 7.14. The standard InChI is InChI=1S/C33H27N5O2S/c1-3-29(39)35-19-22-9-7-10-23(17-22)26-14-8-11-24-18-27(38(33(40)30(24)26)25-12-5-4-6-13-25)21(2)37-32-31-28(15-16-34-32)41-20-36-31/h3-18,20-21H,1,19H2,2H3,(H,34,37)(H,35,39)/t21-/m0/s1. The number of nitrogens with one attached hydrogen (secondary N) is 2. The summed E-state index contributed by atoms with van der Waals surface area (Å²) in [6.45, 7) is 5.90. The maximum atomic E-state index is 14.5. The Morgan fingerprint density at radius 1 is 1.02 bits per heavy atom. The van der Waals surface area contributed by atoms with Crippen LogP contribution in [0.2, 0.25) is 0 Å².